The van der Waals surface area contributed by atoms with Gasteiger partial charge < -0.3 is 9.84 Å². The predicted molar refractivity (Wildman–Crippen MR) is 63.7 cm³/mol. The van der Waals surface area contributed by atoms with Gasteiger partial charge in [0, 0.05) is 12.5 Å². The van der Waals surface area contributed by atoms with Crippen molar-refractivity contribution in [3.8, 4) is 16.3 Å². The molecule has 1 aliphatic rings. The maximum atomic E-state index is 13.6. The summed E-state index contributed by atoms with van der Waals surface area (Å²) >= 11 is 1.45. The van der Waals surface area contributed by atoms with Gasteiger partial charge in [-0.15, -0.1) is 11.3 Å². The highest BCUT2D eigenvalue weighted by molar-refractivity contribution is 7.13. The summed E-state index contributed by atoms with van der Waals surface area (Å²) in [7, 11) is 0. The number of carboxylic acid groups (broad SMARTS) is 1. The standard InChI is InChI=1S/C12H8FNO3S/c13-11-7(12(15)16)5-8-9(14-11)10-6(1-3-17-8)2-4-18-10/h2,4-5H,1,3H2,(H,15,16). The maximum absolute atomic E-state index is 13.6. The van der Waals surface area contributed by atoms with Crippen LogP contribution in [0.2, 0.25) is 0 Å². The van der Waals surface area contributed by atoms with Gasteiger partial charge in [-0.1, -0.05) is 0 Å². The van der Waals surface area contributed by atoms with Gasteiger partial charge in [0.1, 0.15) is 17.0 Å². The fourth-order valence-electron chi connectivity index (χ4n) is 1.91. The van der Waals surface area contributed by atoms with Crippen LogP contribution in [0.25, 0.3) is 10.6 Å². The molecule has 0 saturated heterocycles. The zero-order valence-electron chi connectivity index (χ0n) is 9.14. The molecule has 3 rings (SSSR count). The number of rotatable bonds is 1. The number of carbonyl (C=O) groups is 1. The predicted octanol–water partition coefficient (Wildman–Crippen LogP) is 2.58. The quantitative estimate of drug-likeness (QED) is 0.805. The summed E-state index contributed by atoms with van der Waals surface area (Å²) in [5.41, 5.74) is 0.975. The molecule has 0 bridgehead atoms. The molecule has 1 aliphatic heterocycles. The van der Waals surface area contributed by atoms with Crippen LogP contribution in [0.4, 0.5) is 4.39 Å². The third-order valence-electron chi connectivity index (χ3n) is 2.76. The molecule has 3 heterocycles. The second kappa shape index (κ2) is 4.06. The molecule has 2 aromatic rings. The van der Waals surface area contributed by atoms with Crippen LogP contribution in [-0.4, -0.2) is 22.7 Å². The zero-order valence-corrected chi connectivity index (χ0v) is 9.96. The average molecular weight is 265 g/mol. The van der Waals surface area contributed by atoms with Gasteiger partial charge in [0.25, 0.3) is 0 Å². The largest absolute Gasteiger partial charge is 0.491 e. The molecule has 0 radical (unpaired) electrons. The molecule has 0 fully saturated rings. The Kier molecular flexibility index (Phi) is 2.52. The number of ether oxygens (including phenoxy) is 1. The third-order valence-corrected chi connectivity index (χ3v) is 3.73. The van der Waals surface area contributed by atoms with Crippen LogP contribution in [0.5, 0.6) is 5.75 Å². The number of halogens is 1. The van der Waals surface area contributed by atoms with E-state index < -0.39 is 17.5 Å². The first-order chi connectivity index (χ1) is 8.66. The molecule has 0 unspecified atom stereocenters. The molecule has 0 aromatic carbocycles. The summed E-state index contributed by atoms with van der Waals surface area (Å²) < 4.78 is 19.1. The van der Waals surface area contributed by atoms with E-state index in [1.165, 1.54) is 17.4 Å². The number of aromatic nitrogens is 1. The SMILES string of the molecule is O=C(O)c1cc2c(nc1F)-c1sccc1CCO2. The Morgan fingerprint density at radius 2 is 2.39 bits per heavy atom. The number of fused-ring (bicyclic) bond motifs is 3. The number of hydrogen-bond donors (Lipinski definition) is 1. The monoisotopic (exact) mass is 265 g/mol. The van der Waals surface area contributed by atoms with Gasteiger partial charge in [-0.3, -0.25) is 0 Å². The molecule has 1 N–H and O–H groups in total. The van der Waals surface area contributed by atoms with Crippen molar-refractivity contribution in [2.24, 2.45) is 0 Å². The van der Waals surface area contributed by atoms with E-state index in [-0.39, 0.29) is 0 Å². The van der Waals surface area contributed by atoms with Crippen LogP contribution < -0.4 is 4.74 Å². The number of pyridine rings is 1. The molecule has 0 aliphatic carbocycles. The molecule has 6 heteroatoms. The number of thiophene rings is 1. The molecule has 92 valence electrons. The Morgan fingerprint density at radius 3 is 3.17 bits per heavy atom. The van der Waals surface area contributed by atoms with Crippen LogP contribution in [-0.2, 0) is 6.42 Å². The Hall–Kier alpha value is -1.95. The van der Waals surface area contributed by atoms with E-state index in [2.05, 4.69) is 4.98 Å². The second-order valence-corrected chi connectivity index (χ2v) is 4.77. The highest BCUT2D eigenvalue weighted by Crippen LogP contribution is 2.38. The summed E-state index contributed by atoms with van der Waals surface area (Å²) in [6.45, 7) is 0.434. The van der Waals surface area contributed by atoms with E-state index in [4.69, 9.17) is 9.84 Å². The van der Waals surface area contributed by atoms with Crippen LogP contribution in [0.3, 0.4) is 0 Å². The molecular weight excluding hydrogens is 257 g/mol. The molecule has 2 aromatic heterocycles. The number of aromatic carboxylic acids is 1. The van der Waals surface area contributed by atoms with E-state index in [9.17, 15) is 9.18 Å². The smallest absolute Gasteiger partial charge is 0.340 e. The van der Waals surface area contributed by atoms with Crippen LogP contribution >= 0.6 is 11.3 Å². The molecule has 0 saturated carbocycles. The van der Waals surface area contributed by atoms with E-state index in [0.29, 0.717) is 24.5 Å². The van der Waals surface area contributed by atoms with E-state index >= 15 is 0 Å². The molecule has 4 nitrogen and oxygen atoms in total. The van der Waals surface area contributed by atoms with Crippen molar-refractivity contribution >= 4 is 17.3 Å². The average Bonchev–Trinajstić information content (AvgIpc) is 2.72. The van der Waals surface area contributed by atoms with Crippen molar-refractivity contribution in [3.63, 3.8) is 0 Å². The molecular formula is C12H8FNO3S. The van der Waals surface area contributed by atoms with E-state index in [0.717, 1.165) is 10.4 Å². The van der Waals surface area contributed by atoms with Crippen molar-refractivity contribution in [1.29, 1.82) is 0 Å². The third kappa shape index (κ3) is 1.65. The minimum absolute atomic E-state index is 0.329. The van der Waals surface area contributed by atoms with Crippen LogP contribution in [0, 0.1) is 5.95 Å². The summed E-state index contributed by atoms with van der Waals surface area (Å²) in [5, 5.41) is 10.8. The maximum Gasteiger partial charge on any atom is 0.340 e. The fourth-order valence-corrected chi connectivity index (χ4v) is 2.85. The summed E-state index contributed by atoms with van der Waals surface area (Å²) in [4.78, 5) is 15.4. The first-order valence-electron chi connectivity index (χ1n) is 5.30. The minimum Gasteiger partial charge on any atom is -0.491 e. The summed E-state index contributed by atoms with van der Waals surface area (Å²) in [6, 6.07) is 3.15. The van der Waals surface area contributed by atoms with Gasteiger partial charge in [-0.25, -0.2) is 9.78 Å². The fraction of sp³-hybridized carbons (Fsp3) is 0.167. The van der Waals surface area contributed by atoms with Gasteiger partial charge in [-0.2, -0.15) is 4.39 Å². The first-order valence-corrected chi connectivity index (χ1v) is 6.18. The Balaban J connectivity index is 2.24. The lowest BCUT2D eigenvalue weighted by Gasteiger charge is -2.07. The van der Waals surface area contributed by atoms with Crippen molar-refractivity contribution in [2.75, 3.05) is 6.61 Å². The van der Waals surface area contributed by atoms with Gasteiger partial charge in [-0.05, 0) is 17.0 Å². The number of nitrogens with zero attached hydrogens (tertiary/aromatic N) is 1. The van der Waals surface area contributed by atoms with Gasteiger partial charge in [0.15, 0.2) is 0 Å². The Morgan fingerprint density at radius 1 is 1.56 bits per heavy atom. The minimum atomic E-state index is -1.35. The summed E-state index contributed by atoms with van der Waals surface area (Å²) in [5.74, 6) is -2.00. The molecule has 0 atom stereocenters. The topological polar surface area (TPSA) is 59.4 Å². The van der Waals surface area contributed by atoms with Crippen LogP contribution in [0.1, 0.15) is 15.9 Å². The lowest BCUT2D eigenvalue weighted by atomic mass is 10.1. The van der Waals surface area contributed by atoms with Gasteiger partial charge in [0.2, 0.25) is 5.95 Å². The number of carboxylic acids is 1. The van der Waals surface area contributed by atoms with Crippen molar-refractivity contribution in [1.82, 2.24) is 4.98 Å². The van der Waals surface area contributed by atoms with Crippen molar-refractivity contribution in [2.45, 2.75) is 6.42 Å². The molecule has 0 spiro atoms. The zero-order chi connectivity index (χ0) is 12.7. The highest BCUT2D eigenvalue weighted by atomic mass is 32.1. The van der Waals surface area contributed by atoms with Gasteiger partial charge >= 0.3 is 5.97 Å². The van der Waals surface area contributed by atoms with E-state index in [1.54, 1.807) is 0 Å². The van der Waals surface area contributed by atoms with Crippen molar-refractivity contribution in [3.05, 3.63) is 34.6 Å². The second-order valence-electron chi connectivity index (χ2n) is 3.85. The van der Waals surface area contributed by atoms with Crippen molar-refractivity contribution < 1.29 is 19.0 Å². The number of hydrogen-bond acceptors (Lipinski definition) is 4. The molecule has 0 amide bonds. The lowest BCUT2D eigenvalue weighted by Crippen LogP contribution is -2.06. The lowest BCUT2D eigenvalue weighted by molar-refractivity contribution is 0.0690. The first kappa shape index (κ1) is 11.2. The molecule has 18 heavy (non-hydrogen) atoms. The normalized spacial score (nSPS) is 13.2. The highest BCUT2D eigenvalue weighted by Gasteiger charge is 2.23. The Bertz CT molecular complexity index is 638. The van der Waals surface area contributed by atoms with Crippen LogP contribution in [0.15, 0.2) is 17.5 Å². The van der Waals surface area contributed by atoms with Gasteiger partial charge in [0.05, 0.1) is 11.5 Å². The Labute approximate surface area is 106 Å². The van der Waals surface area contributed by atoms with E-state index in [1.807, 2.05) is 11.4 Å². The summed E-state index contributed by atoms with van der Waals surface area (Å²) in [6.07, 6.45) is 0.708.